The van der Waals surface area contributed by atoms with Gasteiger partial charge in [0.1, 0.15) is 6.10 Å². The monoisotopic (exact) mass is 262 g/mol. The average molecular weight is 262 g/mol. The van der Waals surface area contributed by atoms with Crippen molar-refractivity contribution >= 4 is 5.97 Å². The summed E-state index contributed by atoms with van der Waals surface area (Å²) in [4.78, 5) is 11.5. The first-order chi connectivity index (χ1) is 9.33. The van der Waals surface area contributed by atoms with Crippen molar-refractivity contribution in [1.29, 1.82) is 0 Å². The van der Waals surface area contributed by atoms with Gasteiger partial charge in [-0.25, -0.2) is 0 Å². The molecule has 5 fully saturated rings. The molecule has 106 valence electrons. The van der Waals surface area contributed by atoms with Crippen LogP contribution in [0.1, 0.15) is 52.4 Å². The van der Waals surface area contributed by atoms with Crippen LogP contribution in [0.4, 0.5) is 0 Å². The first kappa shape index (κ1) is 12.2. The molecule has 0 spiro atoms. The van der Waals surface area contributed by atoms with Gasteiger partial charge in [0.05, 0.1) is 0 Å². The van der Waals surface area contributed by atoms with Crippen molar-refractivity contribution in [3.8, 4) is 0 Å². The van der Waals surface area contributed by atoms with Crippen LogP contribution < -0.4 is 0 Å². The van der Waals surface area contributed by atoms with E-state index in [1.807, 2.05) is 13.8 Å². The number of fused-ring (bicyclic) bond motifs is 12. The summed E-state index contributed by atoms with van der Waals surface area (Å²) in [6, 6.07) is 0. The Hall–Kier alpha value is -0.530. The van der Waals surface area contributed by atoms with Crippen LogP contribution in [0.25, 0.3) is 0 Å². The van der Waals surface area contributed by atoms with Crippen molar-refractivity contribution in [3.05, 3.63) is 0 Å². The molecule has 0 aromatic rings. The largest absolute Gasteiger partial charge is 0.462 e. The highest BCUT2D eigenvalue weighted by Gasteiger charge is 2.66. The molecular weight excluding hydrogens is 236 g/mol. The van der Waals surface area contributed by atoms with E-state index in [1.54, 1.807) is 0 Å². The highest BCUT2D eigenvalue weighted by molar-refractivity contribution is 5.70. The van der Waals surface area contributed by atoms with E-state index >= 15 is 0 Å². The Morgan fingerprint density at radius 1 is 0.895 bits per heavy atom. The molecule has 4 bridgehead atoms. The van der Waals surface area contributed by atoms with Crippen molar-refractivity contribution in [1.82, 2.24) is 0 Å². The minimum absolute atomic E-state index is 0.0820. The summed E-state index contributed by atoms with van der Waals surface area (Å²) >= 11 is 0. The fourth-order valence-electron chi connectivity index (χ4n) is 6.70. The molecule has 8 atom stereocenters. The molecule has 2 heteroatoms. The standard InChI is InChI=1S/C15H20O2.C2H6/c16-12-4-3-9-10-6-11(15(9)17-12)14-8-2-1-7(5-8)13(10)14;1-2/h7-11,13-15H,1-6H2;1-2H3. The Morgan fingerprint density at radius 2 is 1.58 bits per heavy atom. The summed E-state index contributed by atoms with van der Waals surface area (Å²) in [5.41, 5.74) is 0. The molecule has 5 rings (SSSR count). The van der Waals surface area contributed by atoms with E-state index in [1.165, 1.54) is 25.7 Å². The van der Waals surface area contributed by atoms with Crippen molar-refractivity contribution in [2.75, 3.05) is 0 Å². The number of carbonyl (C=O) groups excluding carboxylic acids is 1. The predicted molar refractivity (Wildman–Crippen MR) is 73.4 cm³/mol. The Labute approximate surface area is 116 Å². The minimum Gasteiger partial charge on any atom is -0.462 e. The SMILES string of the molecule is CC.O=C1CCC2C3CC(C2O1)C1C2CCC(C2)C31. The molecule has 1 aliphatic heterocycles. The maximum absolute atomic E-state index is 11.5. The van der Waals surface area contributed by atoms with Gasteiger partial charge in [0.15, 0.2) is 0 Å². The molecule has 5 aliphatic rings. The lowest BCUT2D eigenvalue weighted by Gasteiger charge is -2.44. The summed E-state index contributed by atoms with van der Waals surface area (Å²) < 4.78 is 5.72. The highest BCUT2D eigenvalue weighted by atomic mass is 16.5. The Kier molecular flexibility index (Phi) is 2.72. The van der Waals surface area contributed by atoms with Crippen molar-refractivity contribution in [2.24, 2.45) is 41.4 Å². The quantitative estimate of drug-likeness (QED) is 0.492. The zero-order chi connectivity index (χ0) is 13.1. The zero-order valence-electron chi connectivity index (χ0n) is 12.2. The van der Waals surface area contributed by atoms with Gasteiger partial charge in [-0.05, 0) is 73.5 Å². The lowest BCUT2D eigenvalue weighted by Crippen LogP contribution is -2.45. The number of carbonyl (C=O) groups is 1. The van der Waals surface area contributed by atoms with Gasteiger partial charge in [-0.3, -0.25) is 4.79 Å². The van der Waals surface area contributed by atoms with Crippen molar-refractivity contribution in [2.45, 2.75) is 58.5 Å². The lowest BCUT2D eigenvalue weighted by molar-refractivity contribution is -0.166. The summed E-state index contributed by atoms with van der Waals surface area (Å²) in [7, 11) is 0. The van der Waals surface area contributed by atoms with E-state index in [0.717, 1.165) is 47.8 Å². The van der Waals surface area contributed by atoms with Gasteiger partial charge in [0.25, 0.3) is 0 Å². The van der Waals surface area contributed by atoms with Crippen molar-refractivity contribution in [3.63, 3.8) is 0 Å². The lowest BCUT2D eigenvalue weighted by atomic mass is 9.65. The van der Waals surface area contributed by atoms with E-state index in [4.69, 9.17) is 4.74 Å². The van der Waals surface area contributed by atoms with Crippen LogP contribution in [0, 0.1) is 41.4 Å². The molecule has 1 saturated heterocycles. The molecule has 0 aromatic heterocycles. The van der Waals surface area contributed by atoms with Crippen molar-refractivity contribution < 1.29 is 9.53 Å². The molecule has 0 radical (unpaired) electrons. The predicted octanol–water partition coefficient (Wildman–Crippen LogP) is 3.65. The van der Waals surface area contributed by atoms with Gasteiger partial charge in [-0.15, -0.1) is 0 Å². The summed E-state index contributed by atoms with van der Waals surface area (Å²) in [6.45, 7) is 4.00. The third-order valence-corrected chi connectivity index (χ3v) is 6.92. The first-order valence-electron chi connectivity index (χ1n) is 8.52. The second-order valence-corrected chi connectivity index (χ2v) is 7.21. The van der Waals surface area contributed by atoms with Gasteiger partial charge in [0, 0.05) is 6.42 Å². The first-order valence-corrected chi connectivity index (χ1v) is 8.52. The minimum atomic E-state index is 0.0820. The second-order valence-electron chi connectivity index (χ2n) is 7.21. The number of hydrogen-bond acceptors (Lipinski definition) is 2. The van der Waals surface area contributed by atoms with Gasteiger partial charge < -0.3 is 4.74 Å². The molecule has 1 heterocycles. The Balaban J connectivity index is 0.000000465. The molecule has 0 N–H and O–H groups in total. The molecule has 0 aromatic carbocycles. The van der Waals surface area contributed by atoms with E-state index in [2.05, 4.69) is 0 Å². The topological polar surface area (TPSA) is 26.3 Å². The molecule has 0 amide bonds. The van der Waals surface area contributed by atoms with Crippen LogP contribution in [0.3, 0.4) is 0 Å². The maximum atomic E-state index is 11.5. The molecule has 4 aliphatic carbocycles. The fourth-order valence-corrected chi connectivity index (χ4v) is 6.70. The van der Waals surface area contributed by atoms with Crippen LogP contribution in [0.15, 0.2) is 0 Å². The van der Waals surface area contributed by atoms with Crippen LogP contribution in [-0.2, 0) is 9.53 Å². The van der Waals surface area contributed by atoms with Crippen LogP contribution in [0.2, 0.25) is 0 Å². The van der Waals surface area contributed by atoms with Gasteiger partial charge >= 0.3 is 5.97 Å². The highest BCUT2D eigenvalue weighted by Crippen LogP contribution is 2.70. The number of hydrogen-bond donors (Lipinski definition) is 0. The number of esters is 1. The second kappa shape index (κ2) is 4.23. The normalized spacial score (nSPS) is 56.2. The van der Waals surface area contributed by atoms with Gasteiger partial charge in [0.2, 0.25) is 0 Å². The van der Waals surface area contributed by atoms with Crippen LogP contribution >= 0.6 is 0 Å². The molecule has 2 nitrogen and oxygen atoms in total. The smallest absolute Gasteiger partial charge is 0.306 e. The molecular formula is C17H26O2. The number of rotatable bonds is 0. The fraction of sp³-hybridized carbons (Fsp3) is 0.941. The van der Waals surface area contributed by atoms with Crippen LogP contribution in [-0.4, -0.2) is 12.1 Å². The van der Waals surface area contributed by atoms with E-state index in [0.29, 0.717) is 12.5 Å². The molecule has 8 unspecified atom stereocenters. The summed E-state index contributed by atoms with van der Waals surface area (Å²) in [6.07, 6.45) is 8.04. The zero-order valence-corrected chi connectivity index (χ0v) is 12.2. The molecule has 19 heavy (non-hydrogen) atoms. The van der Waals surface area contributed by atoms with Crippen LogP contribution in [0.5, 0.6) is 0 Å². The number of ether oxygens (including phenoxy) is 1. The Morgan fingerprint density at radius 3 is 2.32 bits per heavy atom. The van der Waals surface area contributed by atoms with E-state index in [9.17, 15) is 4.79 Å². The third kappa shape index (κ3) is 1.46. The molecule has 4 saturated carbocycles. The summed E-state index contributed by atoms with van der Waals surface area (Å²) in [5.74, 6) is 6.56. The summed E-state index contributed by atoms with van der Waals surface area (Å²) in [5, 5.41) is 0. The third-order valence-electron chi connectivity index (χ3n) is 6.92. The Bertz CT molecular complexity index is 391. The maximum Gasteiger partial charge on any atom is 0.306 e. The van der Waals surface area contributed by atoms with Gasteiger partial charge in [-0.1, -0.05) is 13.8 Å². The average Bonchev–Trinajstić information content (AvgIpc) is 3.18. The van der Waals surface area contributed by atoms with Gasteiger partial charge in [-0.2, -0.15) is 0 Å². The van der Waals surface area contributed by atoms with E-state index in [-0.39, 0.29) is 5.97 Å². The van der Waals surface area contributed by atoms with E-state index < -0.39 is 0 Å².